The van der Waals surface area contributed by atoms with E-state index in [9.17, 15) is 9.59 Å². The first kappa shape index (κ1) is 25.3. The molecule has 0 atom stereocenters. The number of benzene rings is 3. The summed E-state index contributed by atoms with van der Waals surface area (Å²) >= 11 is 0. The van der Waals surface area contributed by atoms with Crippen LogP contribution in [-0.2, 0) is 19.6 Å². The first-order valence-corrected chi connectivity index (χ1v) is 12.8. The Hall–Kier alpha value is -4.39. The van der Waals surface area contributed by atoms with Crippen molar-refractivity contribution in [3.05, 3.63) is 112 Å². The first-order chi connectivity index (χ1) is 18.5. The highest BCUT2D eigenvalue weighted by atomic mass is 16.5. The molecule has 0 radical (unpaired) electrons. The lowest BCUT2D eigenvalue weighted by molar-refractivity contribution is 0.0634. The van der Waals surface area contributed by atoms with Crippen LogP contribution in [-0.4, -0.2) is 40.1 Å². The minimum atomic E-state index is -0.537. The summed E-state index contributed by atoms with van der Waals surface area (Å²) in [7, 11) is 1.63. The Balaban J connectivity index is 1.60. The number of hydrogen-bond donors (Lipinski definition) is 0. The maximum Gasteiger partial charge on any atom is 0.316 e. The van der Waals surface area contributed by atoms with E-state index in [1.165, 1.54) is 0 Å². The Morgan fingerprint density at radius 3 is 2.32 bits per heavy atom. The van der Waals surface area contributed by atoms with Gasteiger partial charge in [0.25, 0.3) is 5.91 Å². The average Bonchev–Trinajstić information content (AvgIpc) is 2.94. The van der Waals surface area contributed by atoms with Crippen molar-refractivity contribution in [1.82, 2.24) is 14.5 Å². The van der Waals surface area contributed by atoms with Crippen LogP contribution in [0.4, 0.5) is 0 Å². The van der Waals surface area contributed by atoms with Gasteiger partial charge in [0.15, 0.2) is 5.69 Å². The van der Waals surface area contributed by atoms with E-state index in [0.29, 0.717) is 31.1 Å². The number of carbonyl (C=O) groups excluding carboxylic acids is 1. The summed E-state index contributed by atoms with van der Waals surface area (Å²) in [5.41, 5.74) is 3.66. The van der Waals surface area contributed by atoms with E-state index in [4.69, 9.17) is 9.47 Å². The SMILES string of the molecule is COc1ccc(-c2ccccc2)c(Cc2nc(=O)c(OCc3ccccc3)c3n2CCN(C(C)C)C3=O)c1. The van der Waals surface area contributed by atoms with E-state index in [-0.39, 0.29) is 30.0 Å². The summed E-state index contributed by atoms with van der Waals surface area (Å²) < 4.78 is 13.4. The molecule has 1 amide bonds. The fourth-order valence-corrected chi connectivity index (χ4v) is 4.88. The second-order valence-corrected chi connectivity index (χ2v) is 9.60. The van der Waals surface area contributed by atoms with Gasteiger partial charge >= 0.3 is 5.56 Å². The van der Waals surface area contributed by atoms with Gasteiger partial charge in [-0.1, -0.05) is 66.7 Å². The summed E-state index contributed by atoms with van der Waals surface area (Å²) in [5.74, 6) is 1.02. The van der Waals surface area contributed by atoms with Gasteiger partial charge in [-0.2, -0.15) is 4.98 Å². The molecular weight excluding hydrogens is 478 g/mol. The highest BCUT2D eigenvalue weighted by Gasteiger charge is 2.33. The Morgan fingerprint density at radius 1 is 0.921 bits per heavy atom. The van der Waals surface area contributed by atoms with Crippen molar-refractivity contribution in [3.8, 4) is 22.6 Å². The molecule has 0 spiro atoms. The Labute approximate surface area is 222 Å². The highest BCUT2D eigenvalue weighted by molar-refractivity contribution is 5.96. The summed E-state index contributed by atoms with van der Waals surface area (Å²) in [6.07, 6.45) is 0.359. The van der Waals surface area contributed by atoms with Crippen molar-refractivity contribution in [1.29, 1.82) is 0 Å². The fraction of sp³-hybridized carbons (Fsp3) is 0.258. The van der Waals surface area contributed by atoms with Crippen LogP contribution in [0.5, 0.6) is 11.5 Å². The second-order valence-electron chi connectivity index (χ2n) is 9.60. The average molecular weight is 510 g/mol. The first-order valence-electron chi connectivity index (χ1n) is 12.8. The number of carbonyl (C=O) groups is 1. The van der Waals surface area contributed by atoms with E-state index in [2.05, 4.69) is 4.98 Å². The van der Waals surface area contributed by atoms with Crippen molar-refractivity contribution in [2.45, 2.75) is 39.5 Å². The van der Waals surface area contributed by atoms with Gasteiger partial charge in [-0.05, 0) is 48.2 Å². The smallest absolute Gasteiger partial charge is 0.316 e. The molecule has 38 heavy (non-hydrogen) atoms. The number of fused-ring (bicyclic) bond motifs is 1. The zero-order valence-corrected chi connectivity index (χ0v) is 21.9. The van der Waals surface area contributed by atoms with Gasteiger partial charge in [0.1, 0.15) is 18.2 Å². The van der Waals surface area contributed by atoms with Gasteiger partial charge < -0.3 is 18.9 Å². The molecule has 5 rings (SSSR count). The lowest BCUT2D eigenvalue weighted by Gasteiger charge is -2.34. The molecule has 0 fully saturated rings. The van der Waals surface area contributed by atoms with Crippen LogP contribution in [0.25, 0.3) is 11.1 Å². The Bertz CT molecular complexity index is 1500. The van der Waals surface area contributed by atoms with Gasteiger partial charge in [-0.25, -0.2) is 0 Å². The van der Waals surface area contributed by atoms with Gasteiger partial charge in [0.2, 0.25) is 5.75 Å². The molecule has 0 N–H and O–H groups in total. The van der Waals surface area contributed by atoms with Crippen LogP contribution in [0.3, 0.4) is 0 Å². The number of hydrogen-bond acceptors (Lipinski definition) is 5. The monoisotopic (exact) mass is 509 g/mol. The standard InChI is InChI=1S/C31H31N3O4/c1-21(2)33-16-17-34-27(19-24-18-25(37-3)14-15-26(24)23-12-8-5-9-13-23)32-30(35)29(28(34)31(33)36)38-20-22-10-6-4-7-11-22/h4-15,18,21H,16-17,19-20H2,1-3H3. The summed E-state index contributed by atoms with van der Waals surface area (Å²) in [6, 6.07) is 25.5. The number of nitrogens with zero attached hydrogens (tertiary/aromatic N) is 3. The molecule has 0 aliphatic carbocycles. The highest BCUT2D eigenvalue weighted by Crippen LogP contribution is 2.30. The lowest BCUT2D eigenvalue weighted by atomic mass is 9.97. The van der Waals surface area contributed by atoms with Crippen LogP contribution in [0.15, 0.2) is 83.7 Å². The van der Waals surface area contributed by atoms with Crippen molar-refractivity contribution in [2.24, 2.45) is 0 Å². The topological polar surface area (TPSA) is 73.7 Å². The summed E-state index contributed by atoms with van der Waals surface area (Å²) in [6.45, 7) is 5.17. The number of amides is 1. The van der Waals surface area contributed by atoms with Gasteiger partial charge in [-0.15, -0.1) is 0 Å². The second kappa shape index (κ2) is 10.9. The van der Waals surface area contributed by atoms with Crippen LogP contribution < -0.4 is 15.0 Å². The van der Waals surface area contributed by atoms with Crippen molar-refractivity contribution >= 4 is 5.91 Å². The molecular formula is C31H31N3O4. The molecule has 194 valence electrons. The number of methoxy groups -OCH3 is 1. The van der Waals surface area contributed by atoms with Crippen molar-refractivity contribution < 1.29 is 14.3 Å². The number of rotatable bonds is 8. The maximum atomic E-state index is 13.7. The lowest BCUT2D eigenvalue weighted by Crippen LogP contribution is -2.46. The zero-order valence-electron chi connectivity index (χ0n) is 21.9. The number of aromatic nitrogens is 2. The Morgan fingerprint density at radius 2 is 1.63 bits per heavy atom. The van der Waals surface area contributed by atoms with E-state index >= 15 is 0 Å². The van der Waals surface area contributed by atoms with Crippen LogP contribution in [0, 0.1) is 0 Å². The molecule has 0 saturated heterocycles. The molecule has 0 unspecified atom stereocenters. The summed E-state index contributed by atoms with van der Waals surface area (Å²) in [5, 5.41) is 0. The molecule has 2 heterocycles. The van der Waals surface area contributed by atoms with Crippen LogP contribution in [0.1, 0.15) is 41.3 Å². The van der Waals surface area contributed by atoms with Crippen LogP contribution >= 0.6 is 0 Å². The minimum absolute atomic E-state index is 0.00174. The quantitative estimate of drug-likeness (QED) is 0.336. The third-order valence-corrected chi connectivity index (χ3v) is 6.84. The molecule has 1 aliphatic rings. The third kappa shape index (κ3) is 5.05. The largest absolute Gasteiger partial charge is 0.497 e. The molecule has 0 saturated carbocycles. The van der Waals surface area contributed by atoms with Gasteiger partial charge in [-0.3, -0.25) is 9.59 Å². The predicted molar refractivity (Wildman–Crippen MR) is 147 cm³/mol. The van der Waals surface area contributed by atoms with Crippen molar-refractivity contribution in [3.63, 3.8) is 0 Å². The summed E-state index contributed by atoms with van der Waals surface area (Å²) in [4.78, 5) is 33.3. The maximum absolute atomic E-state index is 13.7. The molecule has 1 aliphatic heterocycles. The zero-order chi connectivity index (χ0) is 26.6. The predicted octanol–water partition coefficient (Wildman–Crippen LogP) is 4.95. The normalized spacial score (nSPS) is 12.9. The number of ether oxygens (including phenoxy) is 2. The van der Waals surface area contributed by atoms with Crippen LogP contribution in [0.2, 0.25) is 0 Å². The van der Waals surface area contributed by atoms with Crippen molar-refractivity contribution in [2.75, 3.05) is 13.7 Å². The van der Waals surface area contributed by atoms with E-state index < -0.39 is 5.56 Å². The molecule has 4 aromatic rings. The van der Waals surface area contributed by atoms with E-state index in [1.54, 1.807) is 12.0 Å². The molecule has 7 nitrogen and oxygen atoms in total. The fourth-order valence-electron chi connectivity index (χ4n) is 4.88. The van der Waals surface area contributed by atoms with E-state index in [1.807, 2.05) is 97.3 Å². The molecule has 1 aromatic heterocycles. The van der Waals surface area contributed by atoms with Gasteiger partial charge in [0, 0.05) is 25.6 Å². The van der Waals surface area contributed by atoms with Gasteiger partial charge in [0.05, 0.1) is 7.11 Å². The molecule has 3 aromatic carbocycles. The van der Waals surface area contributed by atoms with E-state index in [0.717, 1.165) is 22.3 Å². The Kier molecular flexibility index (Phi) is 7.26. The molecule has 7 heteroatoms. The molecule has 0 bridgehead atoms. The minimum Gasteiger partial charge on any atom is -0.497 e. The third-order valence-electron chi connectivity index (χ3n) is 6.84.